The normalized spacial score (nSPS) is 10.9. The van der Waals surface area contributed by atoms with Gasteiger partial charge in [0, 0.05) is 22.7 Å². The van der Waals surface area contributed by atoms with Gasteiger partial charge in [-0.25, -0.2) is 9.97 Å². The molecular formula is C44H48N6S2. The predicted molar refractivity (Wildman–Crippen MR) is 224 cm³/mol. The van der Waals surface area contributed by atoms with E-state index >= 15 is 0 Å². The highest BCUT2D eigenvalue weighted by atomic mass is 32.1. The highest BCUT2D eigenvalue weighted by Gasteiger charge is 2.12. The van der Waals surface area contributed by atoms with Crippen LogP contribution in [0.2, 0.25) is 0 Å². The first-order valence-corrected chi connectivity index (χ1v) is 19.2. The molecule has 0 saturated heterocycles. The third-order valence-electron chi connectivity index (χ3n) is 7.78. The number of aromatic amines is 1. The molecule has 0 aliphatic rings. The first kappa shape index (κ1) is 41.0. The number of nitrogens with zero attached hydrogens (tertiary/aromatic N) is 4. The van der Waals surface area contributed by atoms with Crippen LogP contribution in [0.5, 0.6) is 0 Å². The second kappa shape index (κ2) is 21.1. The zero-order chi connectivity index (χ0) is 38.0. The summed E-state index contributed by atoms with van der Waals surface area (Å²) in [6.07, 6.45) is 2.59. The minimum absolute atomic E-state index is 0.0996. The molecule has 6 nitrogen and oxygen atoms in total. The molecule has 0 spiro atoms. The Morgan fingerprint density at radius 1 is 0.788 bits per heavy atom. The van der Waals surface area contributed by atoms with E-state index in [1.807, 2.05) is 83.1 Å². The number of hydrogen-bond acceptors (Lipinski definition) is 7. The van der Waals surface area contributed by atoms with E-state index < -0.39 is 0 Å². The summed E-state index contributed by atoms with van der Waals surface area (Å²) >= 11 is 3.18. The van der Waals surface area contributed by atoms with Crippen molar-refractivity contribution >= 4 is 55.8 Å². The van der Waals surface area contributed by atoms with Crippen molar-refractivity contribution < 1.29 is 0 Å². The van der Waals surface area contributed by atoms with Crippen molar-refractivity contribution in [1.82, 2.24) is 15.0 Å². The summed E-state index contributed by atoms with van der Waals surface area (Å²) in [5.74, 6) is -0.0996. The van der Waals surface area contributed by atoms with Gasteiger partial charge in [-0.3, -0.25) is 0 Å². The lowest BCUT2D eigenvalue weighted by molar-refractivity contribution is 0.966. The Hall–Kier alpha value is -5.38. The van der Waals surface area contributed by atoms with E-state index in [4.69, 9.17) is 16.3 Å². The number of hydrogen-bond donors (Lipinski definition) is 2. The van der Waals surface area contributed by atoms with Gasteiger partial charge < -0.3 is 10.7 Å². The lowest BCUT2D eigenvalue weighted by Crippen LogP contribution is -2.25. The zero-order valence-electron chi connectivity index (χ0n) is 31.2. The van der Waals surface area contributed by atoms with Gasteiger partial charge in [-0.1, -0.05) is 107 Å². The highest BCUT2D eigenvalue weighted by Crippen LogP contribution is 2.27. The summed E-state index contributed by atoms with van der Waals surface area (Å²) in [6.45, 7) is 18.8. The van der Waals surface area contributed by atoms with Crippen LogP contribution in [0.1, 0.15) is 72.8 Å². The smallest absolute Gasteiger partial charge is 0.111 e. The molecule has 3 aromatic heterocycles. The van der Waals surface area contributed by atoms with Crippen LogP contribution in [0.4, 0.5) is 0 Å². The number of fused-ring (bicyclic) bond motifs is 2. The molecule has 7 rings (SSSR count). The number of para-hydroxylation sites is 2. The molecule has 52 heavy (non-hydrogen) atoms. The van der Waals surface area contributed by atoms with E-state index in [0.29, 0.717) is 13.0 Å². The summed E-state index contributed by atoms with van der Waals surface area (Å²) in [4.78, 5) is 12.1. The van der Waals surface area contributed by atoms with Crippen molar-refractivity contribution in [3.63, 3.8) is 0 Å². The molecule has 7 aromatic rings. The molecule has 0 aliphatic carbocycles. The number of rotatable bonds is 5. The fourth-order valence-electron chi connectivity index (χ4n) is 5.18. The van der Waals surface area contributed by atoms with Crippen molar-refractivity contribution in [3.05, 3.63) is 140 Å². The molecule has 1 unspecified atom stereocenters. The van der Waals surface area contributed by atoms with Crippen LogP contribution in [-0.2, 0) is 13.0 Å². The van der Waals surface area contributed by atoms with Gasteiger partial charge in [0.15, 0.2) is 0 Å². The van der Waals surface area contributed by atoms with Crippen LogP contribution in [0, 0.1) is 36.5 Å². The van der Waals surface area contributed by atoms with E-state index in [1.165, 1.54) is 22.3 Å². The summed E-state index contributed by atoms with van der Waals surface area (Å²) in [6, 6.07) is 36.8. The summed E-state index contributed by atoms with van der Waals surface area (Å²) in [7, 11) is 0. The van der Waals surface area contributed by atoms with Crippen LogP contribution in [0.15, 0.2) is 97.1 Å². The van der Waals surface area contributed by atoms with E-state index in [-0.39, 0.29) is 5.92 Å². The fraction of sp³-hybridized carbons (Fsp3) is 0.227. The molecule has 3 N–H and O–H groups in total. The van der Waals surface area contributed by atoms with Gasteiger partial charge in [-0.2, -0.15) is 10.5 Å². The fourth-order valence-corrected chi connectivity index (χ4v) is 7.04. The maximum atomic E-state index is 8.73. The second-order valence-electron chi connectivity index (χ2n) is 11.2. The van der Waals surface area contributed by atoms with Crippen molar-refractivity contribution in [2.45, 2.75) is 67.3 Å². The predicted octanol–water partition coefficient (Wildman–Crippen LogP) is 10.3. The summed E-state index contributed by atoms with van der Waals surface area (Å²) < 4.78 is 2.31. The van der Waals surface area contributed by atoms with Gasteiger partial charge in [0.1, 0.15) is 10.0 Å². The standard InChI is InChI=1S/C21H22N2.C10H8N2S.C9H6N2S.2C2H6/c1-14-8-4-6-10-17(14)12-19-16(3)23-21(20(19)13-22)18-11-7-5-9-15(18)2;1-7(6-11)10-12-8-4-2-3-5-9(8)13-10;10-6-5-9-11-7-3-1-2-4-8(7)12-9;2*1-2/h4-12,23H,3,13,22H2,1-2H3;2-5,7H,1H3;1-4H,5H2;2*1-2H3/b19-12+;;;;. The topological polar surface area (TPSA) is 115 Å². The first-order valence-electron chi connectivity index (χ1n) is 17.5. The molecule has 0 radical (unpaired) electrons. The van der Waals surface area contributed by atoms with Gasteiger partial charge in [0.05, 0.1) is 50.6 Å². The first-order chi connectivity index (χ1) is 25.3. The lowest BCUT2D eigenvalue weighted by atomic mass is 10.0. The van der Waals surface area contributed by atoms with E-state index in [9.17, 15) is 0 Å². The van der Waals surface area contributed by atoms with Crippen molar-refractivity contribution in [1.29, 1.82) is 10.5 Å². The Morgan fingerprint density at radius 3 is 1.90 bits per heavy atom. The van der Waals surface area contributed by atoms with Gasteiger partial charge in [0.2, 0.25) is 0 Å². The molecule has 266 valence electrons. The van der Waals surface area contributed by atoms with Gasteiger partial charge in [-0.15, -0.1) is 22.7 Å². The van der Waals surface area contributed by atoms with E-state index in [0.717, 1.165) is 52.3 Å². The Morgan fingerprint density at radius 2 is 1.35 bits per heavy atom. The molecule has 0 saturated carbocycles. The van der Waals surface area contributed by atoms with Crippen molar-refractivity contribution in [2.24, 2.45) is 5.73 Å². The zero-order valence-corrected chi connectivity index (χ0v) is 32.8. The van der Waals surface area contributed by atoms with E-state index in [1.54, 1.807) is 22.7 Å². The second-order valence-corrected chi connectivity index (χ2v) is 13.3. The molecule has 8 heteroatoms. The minimum atomic E-state index is -0.0996. The molecule has 3 heterocycles. The number of thiazole rings is 2. The van der Waals surface area contributed by atoms with Crippen LogP contribution < -0.4 is 16.3 Å². The largest absolute Gasteiger partial charge is 0.355 e. The number of nitrogens with one attached hydrogen (secondary N) is 1. The average molecular weight is 725 g/mol. The van der Waals surface area contributed by atoms with Crippen molar-refractivity contribution in [3.8, 4) is 23.4 Å². The third-order valence-corrected chi connectivity index (χ3v) is 10.0. The number of nitriles is 2. The SMILES string of the molecule is C=c1[nH]c(-c2ccccc2C)c(CN)/c1=C/c1ccccc1C.CC.CC.CC(C#N)c1nc2ccccc2s1.N#CCc1nc2ccccc2s1. The van der Waals surface area contributed by atoms with Gasteiger partial charge in [0.25, 0.3) is 0 Å². The van der Waals surface area contributed by atoms with Gasteiger partial charge in [-0.05, 0) is 73.4 Å². The molecule has 0 bridgehead atoms. The highest BCUT2D eigenvalue weighted by molar-refractivity contribution is 7.19. The average Bonchev–Trinajstić information content (AvgIpc) is 3.89. The monoisotopic (exact) mass is 724 g/mol. The van der Waals surface area contributed by atoms with Crippen LogP contribution in [-0.4, -0.2) is 15.0 Å². The number of H-pyrrole nitrogens is 1. The van der Waals surface area contributed by atoms with Crippen molar-refractivity contribution in [2.75, 3.05) is 0 Å². The van der Waals surface area contributed by atoms with Crippen LogP contribution in [0.25, 0.3) is 44.3 Å². The molecule has 0 aliphatic heterocycles. The maximum absolute atomic E-state index is 8.73. The Balaban J connectivity index is 0.000000214. The van der Waals surface area contributed by atoms with Crippen LogP contribution in [0.3, 0.4) is 0 Å². The van der Waals surface area contributed by atoms with E-state index in [2.05, 4.69) is 102 Å². The quantitative estimate of drug-likeness (QED) is 0.183. The maximum Gasteiger partial charge on any atom is 0.111 e. The number of benzene rings is 4. The number of nitrogens with two attached hydrogens (primary N) is 1. The molecule has 4 aromatic carbocycles. The van der Waals surface area contributed by atoms with Gasteiger partial charge >= 0.3 is 0 Å². The Bertz CT molecular complexity index is 2300. The third kappa shape index (κ3) is 10.6. The number of aryl methyl sites for hydroxylation is 2. The molecular weight excluding hydrogens is 677 g/mol. The molecule has 0 fully saturated rings. The summed E-state index contributed by atoms with van der Waals surface area (Å²) in [5, 5.41) is 21.0. The molecule has 0 amide bonds. The summed E-state index contributed by atoms with van der Waals surface area (Å²) in [5.41, 5.74) is 15.1. The number of aromatic nitrogens is 3. The van der Waals surface area contributed by atoms with Crippen LogP contribution >= 0.6 is 22.7 Å². The molecule has 1 atom stereocenters. The minimum Gasteiger partial charge on any atom is -0.355 e. The Kier molecular flexibility index (Phi) is 16.6. The Labute approximate surface area is 316 Å². The lowest BCUT2D eigenvalue weighted by Gasteiger charge is -2.06.